The van der Waals surface area contributed by atoms with Gasteiger partial charge in [-0.1, -0.05) is 24.3 Å². The van der Waals surface area contributed by atoms with Crippen molar-refractivity contribution in [2.75, 3.05) is 23.3 Å². The zero-order valence-electron chi connectivity index (χ0n) is 13.1. The fourth-order valence-corrected chi connectivity index (χ4v) is 2.81. The van der Waals surface area contributed by atoms with Crippen LogP contribution in [0.3, 0.4) is 0 Å². The predicted molar refractivity (Wildman–Crippen MR) is 92.1 cm³/mol. The van der Waals surface area contributed by atoms with Crippen LogP contribution < -0.4 is 10.2 Å². The first-order valence-corrected chi connectivity index (χ1v) is 7.79. The second-order valence-corrected chi connectivity index (χ2v) is 5.52. The molecule has 0 fully saturated rings. The van der Waals surface area contributed by atoms with Gasteiger partial charge in [-0.3, -0.25) is 4.79 Å². The van der Waals surface area contributed by atoms with Crippen molar-refractivity contribution < 1.29 is 9.18 Å². The summed E-state index contributed by atoms with van der Waals surface area (Å²) in [6.45, 7) is 4.10. The van der Waals surface area contributed by atoms with Crippen LogP contribution in [0.2, 0.25) is 0 Å². The number of amides is 1. The van der Waals surface area contributed by atoms with Crippen molar-refractivity contribution in [1.82, 2.24) is 0 Å². The van der Waals surface area contributed by atoms with Crippen LogP contribution in [0.1, 0.15) is 18.1 Å². The summed E-state index contributed by atoms with van der Waals surface area (Å²) in [6, 6.07) is 12.3. The largest absolute Gasteiger partial charge is 0.371 e. The number of hydrogen-bond acceptors (Lipinski definition) is 2. The van der Waals surface area contributed by atoms with Crippen LogP contribution >= 0.6 is 0 Å². The van der Waals surface area contributed by atoms with Gasteiger partial charge >= 0.3 is 0 Å². The van der Waals surface area contributed by atoms with E-state index >= 15 is 0 Å². The Morgan fingerprint density at radius 2 is 2.13 bits per heavy atom. The van der Waals surface area contributed by atoms with Crippen molar-refractivity contribution in [3.8, 4) is 0 Å². The molecule has 23 heavy (non-hydrogen) atoms. The Morgan fingerprint density at radius 1 is 1.30 bits per heavy atom. The topological polar surface area (TPSA) is 32.3 Å². The number of carbonyl (C=O) groups excluding carboxylic acids is 1. The average molecular weight is 310 g/mol. The molecule has 1 heterocycles. The van der Waals surface area contributed by atoms with Gasteiger partial charge in [-0.05, 0) is 43.2 Å². The zero-order valence-corrected chi connectivity index (χ0v) is 13.1. The lowest BCUT2D eigenvalue weighted by Crippen LogP contribution is -2.19. The molecule has 0 saturated carbocycles. The van der Waals surface area contributed by atoms with Gasteiger partial charge in [-0.25, -0.2) is 4.39 Å². The van der Waals surface area contributed by atoms with Crippen LogP contribution in [0, 0.1) is 5.82 Å². The van der Waals surface area contributed by atoms with Gasteiger partial charge in [0.2, 0.25) is 5.91 Å². The Bertz CT molecular complexity index is 755. The molecule has 0 unspecified atom stereocenters. The molecular formula is C19H19FN2O. The minimum atomic E-state index is -0.340. The normalized spacial score (nSPS) is 13.4. The highest BCUT2D eigenvalue weighted by molar-refractivity contribution is 6.02. The van der Waals surface area contributed by atoms with Crippen molar-refractivity contribution in [2.24, 2.45) is 0 Å². The Hall–Kier alpha value is -2.62. The van der Waals surface area contributed by atoms with Crippen LogP contribution in [0.25, 0.3) is 6.08 Å². The molecule has 2 aromatic rings. The second-order valence-electron chi connectivity index (χ2n) is 5.52. The quantitative estimate of drug-likeness (QED) is 0.870. The molecule has 0 aliphatic carbocycles. The number of carbonyl (C=O) groups is 1. The summed E-state index contributed by atoms with van der Waals surface area (Å²) in [4.78, 5) is 14.3. The summed E-state index contributed by atoms with van der Waals surface area (Å²) >= 11 is 0. The fraction of sp³-hybridized carbons (Fsp3) is 0.211. The highest BCUT2D eigenvalue weighted by Gasteiger charge is 2.17. The average Bonchev–Trinajstić information content (AvgIpc) is 2.96. The third-order valence-electron chi connectivity index (χ3n) is 4.05. The summed E-state index contributed by atoms with van der Waals surface area (Å²) in [5.41, 5.74) is 3.65. The molecule has 0 atom stereocenters. The molecule has 3 nitrogen and oxygen atoms in total. The molecule has 0 spiro atoms. The summed E-state index contributed by atoms with van der Waals surface area (Å²) in [6.07, 6.45) is 3.88. The molecule has 3 rings (SSSR count). The molecule has 0 radical (unpaired) electrons. The van der Waals surface area contributed by atoms with Gasteiger partial charge in [0.05, 0.1) is 0 Å². The molecular weight excluding hydrogens is 291 g/mol. The standard InChI is InChI=1S/C19H19FN2O/c1-2-22-12-11-15-7-9-16(13-18(15)22)21-19(23)10-8-14-5-3-4-6-17(14)20/h3-10,13H,2,11-12H2,1H3,(H,21,23)/b10-8+. The van der Waals surface area contributed by atoms with Gasteiger partial charge in [-0.2, -0.15) is 0 Å². The van der Waals surface area contributed by atoms with E-state index in [0.717, 1.165) is 25.2 Å². The molecule has 1 aliphatic rings. The number of hydrogen-bond donors (Lipinski definition) is 1. The third-order valence-corrected chi connectivity index (χ3v) is 4.05. The molecule has 118 valence electrons. The van der Waals surface area contributed by atoms with Crippen molar-refractivity contribution in [1.29, 1.82) is 0 Å². The first-order chi connectivity index (χ1) is 11.2. The zero-order chi connectivity index (χ0) is 16.2. The van der Waals surface area contributed by atoms with Gasteiger partial charge in [0.25, 0.3) is 0 Å². The van der Waals surface area contributed by atoms with Crippen LogP contribution in [0.15, 0.2) is 48.5 Å². The van der Waals surface area contributed by atoms with E-state index in [1.165, 1.54) is 29.5 Å². The monoisotopic (exact) mass is 310 g/mol. The van der Waals surface area contributed by atoms with E-state index < -0.39 is 0 Å². The van der Waals surface area contributed by atoms with E-state index in [4.69, 9.17) is 0 Å². The van der Waals surface area contributed by atoms with E-state index in [0.29, 0.717) is 5.56 Å². The molecule has 0 bridgehead atoms. The second kappa shape index (κ2) is 6.65. The predicted octanol–water partition coefficient (Wildman–Crippen LogP) is 3.86. The molecule has 0 aromatic heterocycles. The van der Waals surface area contributed by atoms with Crippen LogP contribution in [0.5, 0.6) is 0 Å². The number of rotatable bonds is 4. The first-order valence-electron chi connectivity index (χ1n) is 7.79. The summed E-state index contributed by atoms with van der Waals surface area (Å²) in [7, 11) is 0. The molecule has 4 heteroatoms. The molecule has 2 aromatic carbocycles. The van der Waals surface area contributed by atoms with Crippen molar-refractivity contribution in [2.45, 2.75) is 13.3 Å². The maximum atomic E-state index is 13.5. The molecule has 1 amide bonds. The maximum absolute atomic E-state index is 13.5. The molecule has 1 aliphatic heterocycles. The van der Waals surface area contributed by atoms with Crippen LogP contribution in [0.4, 0.5) is 15.8 Å². The summed E-state index contributed by atoms with van der Waals surface area (Å²) in [5, 5.41) is 2.83. The van der Waals surface area contributed by atoms with E-state index in [1.54, 1.807) is 18.2 Å². The van der Waals surface area contributed by atoms with Crippen LogP contribution in [-0.4, -0.2) is 19.0 Å². The third kappa shape index (κ3) is 3.42. The lowest BCUT2D eigenvalue weighted by atomic mass is 10.1. The van der Waals surface area contributed by atoms with Crippen molar-refractivity contribution >= 4 is 23.4 Å². The lowest BCUT2D eigenvalue weighted by molar-refractivity contribution is -0.111. The maximum Gasteiger partial charge on any atom is 0.248 e. The number of fused-ring (bicyclic) bond motifs is 1. The molecule has 1 N–H and O–H groups in total. The fourth-order valence-electron chi connectivity index (χ4n) is 2.81. The molecule has 0 saturated heterocycles. The van der Waals surface area contributed by atoms with Gasteiger partial charge in [0.15, 0.2) is 0 Å². The van der Waals surface area contributed by atoms with Gasteiger partial charge < -0.3 is 10.2 Å². The van der Waals surface area contributed by atoms with E-state index in [9.17, 15) is 9.18 Å². The Labute approximate surface area is 135 Å². The summed E-state index contributed by atoms with van der Waals surface area (Å²) < 4.78 is 13.5. The number of nitrogens with zero attached hydrogens (tertiary/aromatic N) is 1. The van der Waals surface area contributed by atoms with Gasteiger partial charge in [0.1, 0.15) is 5.82 Å². The Morgan fingerprint density at radius 3 is 2.91 bits per heavy atom. The minimum Gasteiger partial charge on any atom is -0.371 e. The number of anilines is 2. The number of nitrogens with one attached hydrogen (secondary N) is 1. The Balaban J connectivity index is 1.70. The lowest BCUT2D eigenvalue weighted by Gasteiger charge is -2.17. The number of likely N-dealkylation sites (N-methyl/N-ethyl adjacent to an activating group) is 1. The van der Waals surface area contributed by atoms with Gasteiger partial charge in [0, 0.05) is 36.1 Å². The summed E-state index contributed by atoms with van der Waals surface area (Å²) in [5.74, 6) is -0.609. The number of halogens is 1. The van der Waals surface area contributed by atoms with Gasteiger partial charge in [-0.15, -0.1) is 0 Å². The van der Waals surface area contributed by atoms with E-state index in [1.807, 2.05) is 12.1 Å². The van der Waals surface area contributed by atoms with E-state index in [-0.39, 0.29) is 11.7 Å². The van der Waals surface area contributed by atoms with Crippen molar-refractivity contribution in [3.63, 3.8) is 0 Å². The first kappa shape index (κ1) is 15.3. The van der Waals surface area contributed by atoms with Crippen molar-refractivity contribution in [3.05, 3.63) is 65.5 Å². The van der Waals surface area contributed by atoms with E-state index in [2.05, 4.69) is 23.2 Å². The Kier molecular flexibility index (Phi) is 4.42. The SMILES string of the molecule is CCN1CCc2ccc(NC(=O)/C=C/c3ccccc3F)cc21. The smallest absolute Gasteiger partial charge is 0.248 e. The highest BCUT2D eigenvalue weighted by atomic mass is 19.1. The van der Waals surface area contributed by atoms with Crippen LogP contribution in [-0.2, 0) is 11.2 Å². The highest BCUT2D eigenvalue weighted by Crippen LogP contribution is 2.30. The number of benzene rings is 2. The minimum absolute atomic E-state index is 0.269.